The van der Waals surface area contributed by atoms with Crippen LogP contribution >= 0.6 is 0 Å². The van der Waals surface area contributed by atoms with E-state index in [4.69, 9.17) is 0 Å². The fourth-order valence-corrected chi connectivity index (χ4v) is 3.49. The molecule has 0 bridgehead atoms. The summed E-state index contributed by atoms with van der Waals surface area (Å²) >= 11 is 0. The summed E-state index contributed by atoms with van der Waals surface area (Å²) < 4.78 is 0. The zero-order valence-corrected chi connectivity index (χ0v) is 14.4. The molecule has 0 fully saturated rings. The first-order valence-electron chi connectivity index (χ1n) is 8.36. The van der Waals surface area contributed by atoms with Crippen LogP contribution in [0.1, 0.15) is 20.7 Å². The van der Waals surface area contributed by atoms with Gasteiger partial charge < -0.3 is 20.4 Å². The summed E-state index contributed by atoms with van der Waals surface area (Å²) in [6.45, 7) is 0. The predicted molar refractivity (Wildman–Crippen MR) is 104 cm³/mol. The van der Waals surface area contributed by atoms with E-state index in [-0.39, 0.29) is 22.6 Å². The number of rotatable bonds is 3. The van der Waals surface area contributed by atoms with Gasteiger partial charge in [0.1, 0.15) is 22.6 Å². The number of benzene rings is 4. The summed E-state index contributed by atoms with van der Waals surface area (Å²) in [4.78, 5) is 23.3. The molecule has 4 aromatic carbocycles. The maximum absolute atomic E-state index is 11.6. The van der Waals surface area contributed by atoms with E-state index in [1.165, 1.54) is 12.1 Å². The number of hydrogen-bond acceptors (Lipinski definition) is 4. The highest BCUT2D eigenvalue weighted by molar-refractivity contribution is 6.14. The minimum Gasteiger partial charge on any atom is -0.506 e. The van der Waals surface area contributed by atoms with Gasteiger partial charge in [-0.25, -0.2) is 9.59 Å². The van der Waals surface area contributed by atoms with Gasteiger partial charge in [-0.05, 0) is 34.0 Å². The molecule has 0 aliphatic rings. The third-order valence-electron chi connectivity index (χ3n) is 4.78. The number of phenols is 2. The van der Waals surface area contributed by atoms with Gasteiger partial charge in [0, 0.05) is 10.8 Å². The van der Waals surface area contributed by atoms with E-state index in [0.29, 0.717) is 32.7 Å². The minimum atomic E-state index is -1.30. The Morgan fingerprint density at radius 2 is 0.893 bits per heavy atom. The van der Waals surface area contributed by atoms with E-state index >= 15 is 0 Å². The van der Waals surface area contributed by atoms with E-state index < -0.39 is 11.9 Å². The van der Waals surface area contributed by atoms with Crippen molar-refractivity contribution in [1.82, 2.24) is 0 Å². The minimum absolute atomic E-state index is 0.289. The Kier molecular flexibility index (Phi) is 3.89. The molecule has 0 aromatic heterocycles. The first-order chi connectivity index (χ1) is 13.4. The van der Waals surface area contributed by atoms with E-state index in [0.717, 1.165) is 0 Å². The number of carboxylic acid groups (broad SMARTS) is 2. The lowest BCUT2D eigenvalue weighted by molar-refractivity contribution is 0.0682. The molecule has 4 aromatic rings. The lowest BCUT2D eigenvalue weighted by Crippen LogP contribution is -2.01. The van der Waals surface area contributed by atoms with Crippen LogP contribution in [0.4, 0.5) is 0 Å². The van der Waals surface area contributed by atoms with Crippen molar-refractivity contribution in [2.45, 2.75) is 0 Å². The summed E-state index contributed by atoms with van der Waals surface area (Å²) in [5.41, 5.74) is 0.319. The highest BCUT2D eigenvalue weighted by Gasteiger charge is 2.21. The van der Waals surface area contributed by atoms with Gasteiger partial charge in [0.05, 0.1) is 0 Å². The second-order valence-electron chi connectivity index (χ2n) is 6.34. The van der Waals surface area contributed by atoms with E-state index in [2.05, 4.69) is 0 Å². The molecule has 0 atom stereocenters. The van der Waals surface area contributed by atoms with Crippen LogP contribution in [0.15, 0.2) is 60.7 Å². The molecule has 28 heavy (non-hydrogen) atoms. The second-order valence-corrected chi connectivity index (χ2v) is 6.34. The largest absolute Gasteiger partial charge is 0.506 e. The van der Waals surface area contributed by atoms with Crippen molar-refractivity contribution in [1.29, 1.82) is 0 Å². The van der Waals surface area contributed by atoms with Crippen LogP contribution in [0.25, 0.3) is 32.7 Å². The summed E-state index contributed by atoms with van der Waals surface area (Å²) in [6, 6.07) is 16.1. The Labute approximate surface area is 158 Å². The first kappa shape index (κ1) is 17.4. The summed E-state index contributed by atoms with van der Waals surface area (Å²) in [7, 11) is 0. The average molecular weight is 374 g/mol. The van der Waals surface area contributed by atoms with Crippen LogP contribution in [0.3, 0.4) is 0 Å². The van der Waals surface area contributed by atoms with Crippen LogP contribution in [-0.4, -0.2) is 32.4 Å². The highest BCUT2D eigenvalue weighted by Crippen LogP contribution is 2.42. The smallest absolute Gasteiger partial charge is 0.339 e. The number of aromatic hydroxyl groups is 2. The van der Waals surface area contributed by atoms with Crippen molar-refractivity contribution in [3.8, 4) is 22.6 Å². The van der Waals surface area contributed by atoms with Gasteiger partial charge in [0.2, 0.25) is 0 Å². The van der Waals surface area contributed by atoms with Gasteiger partial charge in [-0.3, -0.25) is 0 Å². The quantitative estimate of drug-likeness (QED) is 0.421. The first-order valence-corrected chi connectivity index (χ1v) is 8.36. The third kappa shape index (κ3) is 2.51. The number of aromatic carboxylic acids is 2. The fraction of sp³-hybridized carbons (Fsp3) is 0. The van der Waals surface area contributed by atoms with Crippen LogP contribution in [0, 0.1) is 0 Å². The van der Waals surface area contributed by atoms with Gasteiger partial charge >= 0.3 is 11.9 Å². The van der Waals surface area contributed by atoms with Crippen molar-refractivity contribution in [3.63, 3.8) is 0 Å². The standard InChI is InChI=1S/C22H14O6/c23-19-13-7-3-1-5-11(13)15(9-17(19)21(25)26)16-10-18(22(27)28)20(24)14-8-4-2-6-12(14)16/h1-10,23-24H,(H,25,26)(H,27,28). The Bertz CT molecular complexity index is 1190. The molecule has 0 radical (unpaired) electrons. The fourth-order valence-electron chi connectivity index (χ4n) is 3.49. The van der Waals surface area contributed by atoms with Crippen LogP contribution in [0.2, 0.25) is 0 Å². The molecule has 6 heteroatoms. The molecule has 0 saturated heterocycles. The highest BCUT2D eigenvalue weighted by atomic mass is 16.4. The van der Waals surface area contributed by atoms with Crippen LogP contribution in [-0.2, 0) is 0 Å². The number of carbonyl (C=O) groups is 2. The van der Waals surface area contributed by atoms with Gasteiger partial charge in [0.15, 0.2) is 0 Å². The molecule has 138 valence electrons. The van der Waals surface area contributed by atoms with Crippen LogP contribution in [0.5, 0.6) is 11.5 Å². The predicted octanol–water partition coefficient (Wildman–Crippen LogP) is 4.47. The van der Waals surface area contributed by atoms with E-state index in [1.54, 1.807) is 48.5 Å². The molecule has 0 aliphatic heterocycles. The van der Waals surface area contributed by atoms with Crippen molar-refractivity contribution in [2.75, 3.05) is 0 Å². The lowest BCUT2D eigenvalue weighted by Gasteiger charge is -2.15. The lowest BCUT2D eigenvalue weighted by atomic mass is 9.89. The normalized spacial score (nSPS) is 11.0. The molecule has 0 heterocycles. The number of hydrogen-bond donors (Lipinski definition) is 4. The van der Waals surface area contributed by atoms with Gasteiger partial charge in [0.25, 0.3) is 0 Å². The molecule has 4 N–H and O–H groups in total. The second kappa shape index (κ2) is 6.28. The molecule has 0 saturated carbocycles. The molecule has 4 rings (SSSR count). The molecule has 0 unspecified atom stereocenters. The number of carboxylic acids is 2. The molecular formula is C22H14O6. The van der Waals surface area contributed by atoms with Crippen LogP contribution < -0.4 is 0 Å². The molecule has 0 amide bonds. The summed E-state index contributed by atoms with van der Waals surface area (Å²) in [6.07, 6.45) is 0. The molecule has 0 aliphatic carbocycles. The summed E-state index contributed by atoms with van der Waals surface area (Å²) in [5, 5.41) is 41.6. The van der Waals surface area contributed by atoms with Crippen molar-refractivity contribution < 1.29 is 30.0 Å². The average Bonchev–Trinajstić information content (AvgIpc) is 2.69. The Balaban J connectivity index is 2.22. The van der Waals surface area contributed by atoms with E-state index in [9.17, 15) is 30.0 Å². The van der Waals surface area contributed by atoms with Gasteiger partial charge in [-0.1, -0.05) is 48.5 Å². The topological polar surface area (TPSA) is 115 Å². The Morgan fingerprint density at radius 1 is 0.571 bits per heavy atom. The monoisotopic (exact) mass is 374 g/mol. The molecular weight excluding hydrogens is 360 g/mol. The van der Waals surface area contributed by atoms with Gasteiger partial charge in [-0.2, -0.15) is 0 Å². The van der Waals surface area contributed by atoms with Crippen molar-refractivity contribution >= 4 is 33.5 Å². The Morgan fingerprint density at radius 3 is 1.21 bits per heavy atom. The maximum atomic E-state index is 11.6. The third-order valence-corrected chi connectivity index (χ3v) is 4.78. The number of fused-ring (bicyclic) bond motifs is 2. The zero-order chi connectivity index (χ0) is 20.0. The van der Waals surface area contributed by atoms with E-state index in [1.807, 2.05) is 0 Å². The SMILES string of the molecule is O=C(O)c1cc(-c2cc(C(=O)O)c(O)c3ccccc23)c2ccccc2c1O. The molecule has 0 spiro atoms. The van der Waals surface area contributed by atoms with Crippen molar-refractivity contribution in [3.05, 3.63) is 71.8 Å². The zero-order valence-electron chi connectivity index (χ0n) is 14.4. The molecule has 6 nitrogen and oxygen atoms in total. The van der Waals surface area contributed by atoms with Crippen molar-refractivity contribution in [2.24, 2.45) is 0 Å². The summed E-state index contributed by atoms with van der Waals surface area (Å²) in [5.74, 6) is -3.31. The van der Waals surface area contributed by atoms with Gasteiger partial charge in [-0.15, -0.1) is 0 Å². The Hall–Kier alpha value is -4.06. The maximum Gasteiger partial charge on any atom is 0.339 e.